The molecular weight excluding hydrogens is 206 g/mol. The van der Waals surface area contributed by atoms with Crippen LogP contribution < -0.4 is 5.32 Å². The van der Waals surface area contributed by atoms with Gasteiger partial charge in [0.25, 0.3) is 0 Å². The average Bonchev–Trinajstić information content (AvgIpc) is 2.45. The van der Waals surface area contributed by atoms with Crippen LogP contribution in [0.5, 0.6) is 0 Å². The van der Waals surface area contributed by atoms with E-state index in [0.717, 1.165) is 0 Å². The molecule has 1 fully saturated rings. The number of aliphatic hydroxyl groups is 2. The second-order valence-electron chi connectivity index (χ2n) is 4.12. The van der Waals surface area contributed by atoms with Gasteiger partial charge >= 0.3 is 0 Å². The molecule has 0 amide bonds. The lowest BCUT2D eigenvalue weighted by Gasteiger charge is -2.29. The molecule has 1 aliphatic heterocycles. The summed E-state index contributed by atoms with van der Waals surface area (Å²) in [6.07, 6.45) is 0.553. The van der Waals surface area contributed by atoms with E-state index < -0.39 is 15.4 Å². The largest absolute Gasteiger partial charge is 0.394 e. The predicted octanol–water partition coefficient (Wildman–Crippen LogP) is -1.49. The van der Waals surface area contributed by atoms with Crippen molar-refractivity contribution < 1.29 is 18.6 Å². The minimum absolute atomic E-state index is 0.0998. The maximum absolute atomic E-state index is 11.1. The molecule has 1 saturated heterocycles. The van der Waals surface area contributed by atoms with E-state index in [1.165, 1.54) is 0 Å². The quantitative estimate of drug-likeness (QED) is 0.540. The molecule has 0 spiro atoms. The van der Waals surface area contributed by atoms with Gasteiger partial charge in [0.2, 0.25) is 0 Å². The fraction of sp³-hybridized carbons (Fsp3) is 1.00. The van der Waals surface area contributed by atoms with E-state index in [1.54, 1.807) is 6.92 Å². The molecule has 1 heterocycles. The van der Waals surface area contributed by atoms with Gasteiger partial charge in [0.05, 0.1) is 30.3 Å². The molecule has 0 aromatic carbocycles. The molecule has 84 valence electrons. The summed E-state index contributed by atoms with van der Waals surface area (Å²) in [5, 5.41) is 21.0. The molecule has 0 aromatic rings. The number of rotatable bonds is 4. The molecule has 0 saturated carbocycles. The average molecular weight is 223 g/mol. The van der Waals surface area contributed by atoms with Gasteiger partial charge in [0.15, 0.2) is 9.84 Å². The number of hydrogen-bond donors (Lipinski definition) is 3. The molecular formula is C8H17NO4S. The third-order valence-corrected chi connectivity index (χ3v) is 4.25. The van der Waals surface area contributed by atoms with Crippen LogP contribution in [0.4, 0.5) is 0 Å². The Morgan fingerprint density at radius 2 is 2.00 bits per heavy atom. The molecule has 1 unspecified atom stereocenters. The van der Waals surface area contributed by atoms with Gasteiger partial charge in [-0.25, -0.2) is 8.42 Å². The maximum Gasteiger partial charge on any atom is 0.151 e. The van der Waals surface area contributed by atoms with Gasteiger partial charge < -0.3 is 15.5 Å². The van der Waals surface area contributed by atoms with Crippen LogP contribution in [0.25, 0.3) is 0 Å². The molecule has 0 aliphatic carbocycles. The molecule has 1 aliphatic rings. The monoisotopic (exact) mass is 223 g/mol. The molecule has 14 heavy (non-hydrogen) atoms. The van der Waals surface area contributed by atoms with Crippen LogP contribution in [0.3, 0.4) is 0 Å². The standard InChI is InChI=1S/C8H17NO4S/c1-8(5-10,6-11)9-7-2-3-14(12,13)4-7/h7,9-11H,2-6H2,1H3. The molecule has 1 rings (SSSR count). The number of aliphatic hydroxyl groups excluding tert-OH is 2. The van der Waals surface area contributed by atoms with Gasteiger partial charge in [-0.05, 0) is 13.3 Å². The normalized spacial score (nSPS) is 26.6. The zero-order valence-electron chi connectivity index (χ0n) is 8.23. The minimum atomic E-state index is -2.91. The lowest BCUT2D eigenvalue weighted by Crippen LogP contribution is -2.53. The highest BCUT2D eigenvalue weighted by atomic mass is 32.2. The summed E-state index contributed by atoms with van der Waals surface area (Å²) in [5.74, 6) is 0.292. The van der Waals surface area contributed by atoms with E-state index in [4.69, 9.17) is 10.2 Å². The van der Waals surface area contributed by atoms with E-state index >= 15 is 0 Å². The first-order chi connectivity index (χ1) is 6.41. The van der Waals surface area contributed by atoms with Crippen LogP contribution in [0.1, 0.15) is 13.3 Å². The van der Waals surface area contributed by atoms with Crippen molar-refractivity contribution in [1.82, 2.24) is 5.32 Å². The Kier molecular flexibility index (Phi) is 3.52. The minimum Gasteiger partial charge on any atom is -0.394 e. The third-order valence-electron chi connectivity index (χ3n) is 2.48. The van der Waals surface area contributed by atoms with Crippen LogP contribution in [-0.4, -0.2) is 54.9 Å². The predicted molar refractivity (Wildman–Crippen MR) is 52.8 cm³/mol. The first-order valence-electron chi connectivity index (χ1n) is 4.61. The first-order valence-corrected chi connectivity index (χ1v) is 6.43. The van der Waals surface area contributed by atoms with E-state index in [-0.39, 0.29) is 30.8 Å². The van der Waals surface area contributed by atoms with Gasteiger partial charge in [-0.1, -0.05) is 0 Å². The van der Waals surface area contributed by atoms with E-state index in [0.29, 0.717) is 6.42 Å². The Labute approximate surface area is 84.1 Å². The zero-order chi connectivity index (χ0) is 10.8. The van der Waals surface area contributed by atoms with Crippen LogP contribution in [0, 0.1) is 0 Å². The number of hydrogen-bond acceptors (Lipinski definition) is 5. The first kappa shape index (κ1) is 11.9. The Bertz CT molecular complexity index is 284. The second kappa shape index (κ2) is 4.14. The topological polar surface area (TPSA) is 86.6 Å². The summed E-state index contributed by atoms with van der Waals surface area (Å²) in [4.78, 5) is 0. The Hall–Kier alpha value is -0.170. The van der Waals surface area contributed by atoms with Gasteiger partial charge in [-0.15, -0.1) is 0 Å². The lowest BCUT2D eigenvalue weighted by atomic mass is 10.0. The molecule has 5 nitrogen and oxygen atoms in total. The van der Waals surface area contributed by atoms with Gasteiger partial charge in [-0.2, -0.15) is 0 Å². The van der Waals surface area contributed by atoms with Gasteiger partial charge in [0, 0.05) is 6.04 Å². The number of nitrogens with one attached hydrogen (secondary N) is 1. The van der Waals surface area contributed by atoms with E-state index in [9.17, 15) is 8.42 Å². The van der Waals surface area contributed by atoms with Crippen molar-refractivity contribution in [2.75, 3.05) is 24.7 Å². The third kappa shape index (κ3) is 2.91. The second-order valence-corrected chi connectivity index (χ2v) is 6.35. The Morgan fingerprint density at radius 1 is 1.43 bits per heavy atom. The van der Waals surface area contributed by atoms with E-state index in [2.05, 4.69) is 5.32 Å². The van der Waals surface area contributed by atoms with Crippen molar-refractivity contribution in [2.24, 2.45) is 0 Å². The summed E-state index contributed by atoms with van der Waals surface area (Å²) in [7, 11) is -2.91. The van der Waals surface area contributed by atoms with Crippen molar-refractivity contribution in [3.8, 4) is 0 Å². The Morgan fingerprint density at radius 3 is 2.36 bits per heavy atom. The molecule has 0 bridgehead atoms. The SMILES string of the molecule is CC(CO)(CO)NC1CCS(=O)(=O)C1. The molecule has 0 aromatic heterocycles. The Balaban J connectivity index is 2.54. The fourth-order valence-corrected chi connectivity index (χ4v) is 3.22. The number of sulfone groups is 1. The highest BCUT2D eigenvalue weighted by Crippen LogP contribution is 2.14. The summed E-state index contributed by atoms with van der Waals surface area (Å²) in [5.41, 5.74) is -0.787. The zero-order valence-corrected chi connectivity index (χ0v) is 9.05. The molecule has 3 N–H and O–H groups in total. The summed E-state index contributed by atoms with van der Waals surface area (Å²) < 4.78 is 22.3. The fourth-order valence-electron chi connectivity index (χ4n) is 1.54. The molecule has 6 heteroatoms. The van der Waals surface area contributed by atoms with Crippen molar-refractivity contribution in [1.29, 1.82) is 0 Å². The molecule has 1 atom stereocenters. The highest BCUT2D eigenvalue weighted by Gasteiger charge is 2.33. The van der Waals surface area contributed by atoms with Gasteiger partial charge in [-0.3, -0.25) is 0 Å². The highest BCUT2D eigenvalue weighted by molar-refractivity contribution is 7.91. The summed E-state index contributed by atoms with van der Waals surface area (Å²) >= 11 is 0. The lowest BCUT2D eigenvalue weighted by molar-refractivity contribution is 0.0964. The maximum atomic E-state index is 11.1. The van der Waals surface area contributed by atoms with Crippen LogP contribution in [0.15, 0.2) is 0 Å². The van der Waals surface area contributed by atoms with Crippen LogP contribution >= 0.6 is 0 Å². The van der Waals surface area contributed by atoms with Crippen molar-refractivity contribution in [2.45, 2.75) is 24.9 Å². The summed E-state index contributed by atoms with van der Waals surface area (Å²) in [6.45, 7) is 1.25. The van der Waals surface area contributed by atoms with Gasteiger partial charge in [0.1, 0.15) is 0 Å². The van der Waals surface area contributed by atoms with Crippen molar-refractivity contribution >= 4 is 9.84 Å². The molecule has 0 radical (unpaired) electrons. The van der Waals surface area contributed by atoms with Crippen molar-refractivity contribution in [3.63, 3.8) is 0 Å². The van der Waals surface area contributed by atoms with Crippen LogP contribution in [0.2, 0.25) is 0 Å². The van der Waals surface area contributed by atoms with Crippen molar-refractivity contribution in [3.05, 3.63) is 0 Å². The summed E-state index contributed by atoms with van der Waals surface area (Å²) in [6, 6.07) is -0.149. The van der Waals surface area contributed by atoms with Crippen LogP contribution in [-0.2, 0) is 9.84 Å². The van der Waals surface area contributed by atoms with E-state index in [1.807, 2.05) is 0 Å². The smallest absolute Gasteiger partial charge is 0.151 e.